The second-order valence-electron chi connectivity index (χ2n) is 6.15. The number of rotatable bonds is 4. The highest BCUT2D eigenvalue weighted by Crippen LogP contribution is 2.43. The summed E-state index contributed by atoms with van der Waals surface area (Å²) in [6.07, 6.45) is 5.01. The second-order valence-corrected chi connectivity index (χ2v) is 6.15. The molecule has 3 N–H and O–H groups in total. The van der Waals surface area contributed by atoms with Crippen molar-refractivity contribution < 1.29 is 0 Å². The molecule has 1 unspecified atom stereocenters. The van der Waals surface area contributed by atoms with E-state index in [2.05, 4.69) is 56.5 Å². The van der Waals surface area contributed by atoms with Gasteiger partial charge in [0.2, 0.25) is 0 Å². The Balaban J connectivity index is 2.40. The lowest BCUT2D eigenvalue weighted by atomic mass is 9.82. The fraction of sp³-hybridized carbons (Fsp3) is 0.625. The molecule has 0 spiro atoms. The molecule has 3 nitrogen and oxygen atoms in total. The molecule has 1 aliphatic rings. The number of nitrogens with one attached hydrogen (secondary N) is 1. The van der Waals surface area contributed by atoms with E-state index < -0.39 is 0 Å². The zero-order chi connectivity index (χ0) is 14.0. The van der Waals surface area contributed by atoms with Crippen LogP contribution < -0.4 is 11.3 Å². The van der Waals surface area contributed by atoms with Crippen LogP contribution in [0.3, 0.4) is 0 Å². The summed E-state index contributed by atoms with van der Waals surface area (Å²) in [6.45, 7) is 4.32. The van der Waals surface area contributed by atoms with Crippen LogP contribution in [0, 0.1) is 13.8 Å². The molecule has 0 saturated heterocycles. The maximum absolute atomic E-state index is 5.92. The normalized spacial score (nSPS) is 19.9. The molecule has 1 aromatic rings. The molecule has 1 saturated carbocycles. The highest BCUT2D eigenvalue weighted by atomic mass is 15.3. The van der Waals surface area contributed by atoms with Crippen molar-refractivity contribution in [2.75, 3.05) is 14.1 Å². The van der Waals surface area contributed by atoms with Gasteiger partial charge in [-0.2, -0.15) is 0 Å². The van der Waals surface area contributed by atoms with E-state index in [1.807, 2.05) is 0 Å². The summed E-state index contributed by atoms with van der Waals surface area (Å²) in [5, 5.41) is 0. The number of hydrazine groups is 1. The van der Waals surface area contributed by atoms with Crippen molar-refractivity contribution in [1.29, 1.82) is 0 Å². The predicted octanol–water partition coefficient (Wildman–Crippen LogP) is 2.68. The van der Waals surface area contributed by atoms with Crippen LogP contribution in [0.4, 0.5) is 0 Å². The Hall–Kier alpha value is -0.900. The Morgan fingerprint density at radius 2 is 1.79 bits per heavy atom. The van der Waals surface area contributed by atoms with Crippen LogP contribution in [-0.2, 0) is 0 Å². The van der Waals surface area contributed by atoms with E-state index in [1.165, 1.54) is 42.4 Å². The van der Waals surface area contributed by atoms with Gasteiger partial charge in [0.05, 0.1) is 6.04 Å². The summed E-state index contributed by atoms with van der Waals surface area (Å²) in [4.78, 5) is 2.36. The molecule has 1 atom stereocenters. The molecule has 1 aliphatic carbocycles. The molecule has 3 heteroatoms. The van der Waals surface area contributed by atoms with E-state index in [-0.39, 0.29) is 11.6 Å². The van der Waals surface area contributed by atoms with Crippen LogP contribution in [0.15, 0.2) is 18.2 Å². The van der Waals surface area contributed by atoms with Gasteiger partial charge in [-0.15, -0.1) is 0 Å². The SMILES string of the molecule is Cc1ccc(C(NN)C2(N(C)C)CCCC2)cc1C. The largest absolute Gasteiger partial charge is 0.302 e. The summed E-state index contributed by atoms with van der Waals surface area (Å²) in [6, 6.07) is 6.90. The number of nitrogens with zero attached hydrogens (tertiary/aromatic N) is 1. The van der Waals surface area contributed by atoms with Gasteiger partial charge in [0, 0.05) is 5.54 Å². The third kappa shape index (κ3) is 2.55. The Bertz CT molecular complexity index is 434. The van der Waals surface area contributed by atoms with Crippen LogP contribution in [0.2, 0.25) is 0 Å². The van der Waals surface area contributed by atoms with Crippen LogP contribution in [-0.4, -0.2) is 24.5 Å². The zero-order valence-electron chi connectivity index (χ0n) is 12.7. The van der Waals surface area contributed by atoms with Gasteiger partial charge in [-0.05, 0) is 57.5 Å². The molecule has 0 aromatic heterocycles. The number of likely N-dealkylation sites (N-methyl/N-ethyl adjacent to an activating group) is 1. The van der Waals surface area contributed by atoms with E-state index in [9.17, 15) is 0 Å². The van der Waals surface area contributed by atoms with Gasteiger partial charge in [-0.25, -0.2) is 0 Å². The third-order valence-electron chi connectivity index (χ3n) is 4.93. The number of nitrogens with two attached hydrogens (primary N) is 1. The molecule has 0 aliphatic heterocycles. The van der Waals surface area contributed by atoms with Crippen LogP contribution in [0.1, 0.15) is 48.4 Å². The number of benzene rings is 1. The highest BCUT2D eigenvalue weighted by molar-refractivity contribution is 5.33. The van der Waals surface area contributed by atoms with Gasteiger partial charge in [0.25, 0.3) is 0 Å². The molecular weight excluding hydrogens is 234 g/mol. The van der Waals surface area contributed by atoms with E-state index in [4.69, 9.17) is 5.84 Å². The lowest BCUT2D eigenvalue weighted by molar-refractivity contribution is 0.105. The number of hydrogen-bond donors (Lipinski definition) is 2. The van der Waals surface area contributed by atoms with E-state index in [0.717, 1.165) is 0 Å². The molecule has 0 heterocycles. The Morgan fingerprint density at radius 1 is 1.16 bits per heavy atom. The molecule has 0 radical (unpaired) electrons. The van der Waals surface area contributed by atoms with Crippen molar-refractivity contribution in [1.82, 2.24) is 10.3 Å². The summed E-state index contributed by atoms with van der Waals surface area (Å²) in [5.41, 5.74) is 7.22. The maximum Gasteiger partial charge on any atom is 0.0643 e. The predicted molar refractivity (Wildman–Crippen MR) is 80.9 cm³/mol. The van der Waals surface area contributed by atoms with Crippen molar-refractivity contribution in [2.45, 2.75) is 51.1 Å². The van der Waals surface area contributed by atoms with Crippen molar-refractivity contribution in [3.63, 3.8) is 0 Å². The zero-order valence-corrected chi connectivity index (χ0v) is 12.7. The first kappa shape index (κ1) is 14.5. The van der Waals surface area contributed by atoms with Crippen LogP contribution in [0.25, 0.3) is 0 Å². The first-order valence-corrected chi connectivity index (χ1v) is 7.22. The quantitative estimate of drug-likeness (QED) is 0.647. The summed E-state index contributed by atoms with van der Waals surface area (Å²) in [5.74, 6) is 5.92. The molecule has 0 bridgehead atoms. The highest BCUT2D eigenvalue weighted by Gasteiger charge is 2.43. The smallest absolute Gasteiger partial charge is 0.0643 e. The monoisotopic (exact) mass is 261 g/mol. The maximum atomic E-state index is 5.92. The lowest BCUT2D eigenvalue weighted by Crippen LogP contribution is -2.53. The average Bonchev–Trinajstić information content (AvgIpc) is 2.85. The van der Waals surface area contributed by atoms with Gasteiger partial charge in [0.1, 0.15) is 0 Å². The molecule has 1 fully saturated rings. The Morgan fingerprint density at radius 3 is 2.26 bits per heavy atom. The Kier molecular flexibility index (Phi) is 4.29. The van der Waals surface area contributed by atoms with Gasteiger partial charge in [-0.3, -0.25) is 11.3 Å². The number of aryl methyl sites for hydroxylation is 2. The van der Waals surface area contributed by atoms with Gasteiger partial charge >= 0.3 is 0 Å². The first-order valence-electron chi connectivity index (χ1n) is 7.22. The fourth-order valence-electron chi connectivity index (χ4n) is 3.49. The van der Waals surface area contributed by atoms with Crippen molar-refractivity contribution >= 4 is 0 Å². The van der Waals surface area contributed by atoms with Crippen molar-refractivity contribution in [3.8, 4) is 0 Å². The summed E-state index contributed by atoms with van der Waals surface area (Å²) >= 11 is 0. The molecule has 1 aromatic carbocycles. The molecular formula is C16H27N3. The van der Waals surface area contributed by atoms with Crippen LogP contribution in [0.5, 0.6) is 0 Å². The minimum Gasteiger partial charge on any atom is -0.302 e. The Labute approximate surface area is 117 Å². The topological polar surface area (TPSA) is 41.3 Å². The lowest BCUT2D eigenvalue weighted by Gasteiger charge is -2.43. The minimum absolute atomic E-state index is 0.149. The fourth-order valence-corrected chi connectivity index (χ4v) is 3.49. The van der Waals surface area contributed by atoms with Crippen molar-refractivity contribution in [2.24, 2.45) is 5.84 Å². The van der Waals surface area contributed by atoms with E-state index >= 15 is 0 Å². The van der Waals surface area contributed by atoms with Gasteiger partial charge in [0.15, 0.2) is 0 Å². The van der Waals surface area contributed by atoms with Crippen molar-refractivity contribution in [3.05, 3.63) is 34.9 Å². The minimum atomic E-state index is 0.149. The average molecular weight is 261 g/mol. The molecule has 106 valence electrons. The third-order valence-corrected chi connectivity index (χ3v) is 4.93. The molecule has 0 amide bonds. The van der Waals surface area contributed by atoms with Gasteiger partial charge < -0.3 is 4.90 Å². The number of hydrogen-bond acceptors (Lipinski definition) is 3. The summed E-state index contributed by atoms with van der Waals surface area (Å²) in [7, 11) is 4.35. The second kappa shape index (κ2) is 5.61. The first-order chi connectivity index (χ1) is 9.01. The van der Waals surface area contributed by atoms with E-state index in [0.29, 0.717) is 0 Å². The molecule has 19 heavy (non-hydrogen) atoms. The van der Waals surface area contributed by atoms with Gasteiger partial charge in [-0.1, -0.05) is 31.0 Å². The molecule has 2 rings (SSSR count). The standard InChI is InChI=1S/C16H27N3/c1-12-7-8-14(11-13(12)2)15(18-17)16(19(3)4)9-5-6-10-16/h7-8,11,15,18H,5-6,9-10,17H2,1-4H3. The van der Waals surface area contributed by atoms with E-state index in [1.54, 1.807) is 0 Å². The van der Waals surface area contributed by atoms with Crippen LogP contribution >= 0.6 is 0 Å². The summed E-state index contributed by atoms with van der Waals surface area (Å²) < 4.78 is 0.